The van der Waals surface area contributed by atoms with E-state index in [1.165, 1.54) is 0 Å². The predicted molar refractivity (Wildman–Crippen MR) is 38.3 cm³/mol. The normalized spacial score (nSPS) is 16.2. The van der Waals surface area contributed by atoms with Gasteiger partial charge in [-0.1, -0.05) is 24.3 Å². The monoisotopic (exact) mass is 122 g/mol. The maximum atomic E-state index is 5.32. The molecule has 1 aliphatic carbocycles. The molecule has 0 aromatic carbocycles. The van der Waals surface area contributed by atoms with Crippen molar-refractivity contribution < 1.29 is 0 Å². The lowest BCUT2D eigenvalue weighted by atomic mass is 10.1. The molecule has 0 aromatic heterocycles. The summed E-state index contributed by atoms with van der Waals surface area (Å²) in [6.07, 6.45) is 8.88. The van der Waals surface area contributed by atoms with Crippen LogP contribution in [0.2, 0.25) is 0 Å². The first-order valence-corrected chi connectivity index (χ1v) is 2.89. The Bertz CT molecular complexity index is 169. The van der Waals surface area contributed by atoms with Crippen molar-refractivity contribution in [3.63, 3.8) is 0 Å². The molecule has 1 aliphatic rings. The molecule has 0 radical (unpaired) electrons. The molecule has 0 atom stereocenters. The zero-order chi connectivity index (χ0) is 6.69. The van der Waals surface area contributed by atoms with E-state index in [2.05, 4.69) is 0 Å². The van der Waals surface area contributed by atoms with Gasteiger partial charge in [0.2, 0.25) is 0 Å². The molecule has 2 nitrogen and oxygen atoms in total. The largest absolute Gasteiger partial charge is 0.385 e. The Kier molecular flexibility index (Phi) is 1.58. The van der Waals surface area contributed by atoms with Gasteiger partial charge in [-0.15, -0.1) is 0 Å². The quantitative estimate of drug-likeness (QED) is 0.495. The molecule has 9 heavy (non-hydrogen) atoms. The molecule has 0 fully saturated rings. The van der Waals surface area contributed by atoms with Crippen molar-refractivity contribution >= 4 is 0 Å². The summed E-state index contributed by atoms with van der Waals surface area (Å²) in [5, 5.41) is 0. The molecule has 1 rings (SSSR count). The summed E-state index contributed by atoms with van der Waals surface area (Å²) in [7, 11) is 0. The highest BCUT2D eigenvalue weighted by atomic mass is 14.8. The number of rotatable bonds is 0. The van der Waals surface area contributed by atoms with E-state index in [1.807, 2.05) is 24.3 Å². The lowest BCUT2D eigenvalue weighted by molar-refractivity contribution is 1.20. The summed E-state index contributed by atoms with van der Waals surface area (Å²) in [6.45, 7) is 0. The minimum atomic E-state index is 0.391. The Hall–Kier alpha value is -1.18. The van der Waals surface area contributed by atoms with E-state index in [1.54, 1.807) is 0 Å². The molecular weight excluding hydrogens is 112 g/mol. The summed E-state index contributed by atoms with van der Waals surface area (Å²) in [6, 6.07) is 0. The number of hydrogen-bond acceptors (Lipinski definition) is 2. The molecule has 0 bridgehead atoms. The van der Waals surface area contributed by atoms with Crippen LogP contribution in [0.5, 0.6) is 0 Å². The standard InChI is InChI=1S/C7H10N2/c8-7(9)6-4-2-1-3-5-6/h2-5H,1,8-9H2. The van der Waals surface area contributed by atoms with Crippen LogP contribution in [0.4, 0.5) is 0 Å². The molecule has 0 heterocycles. The predicted octanol–water partition coefficient (Wildman–Crippen LogP) is 0.632. The van der Waals surface area contributed by atoms with E-state index < -0.39 is 0 Å². The first kappa shape index (κ1) is 5.95. The minimum Gasteiger partial charge on any atom is -0.385 e. The highest BCUT2D eigenvalue weighted by Gasteiger charge is 1.92. The van der Waals surface area contributed by atoms with Gasteiger partial charge in [0, 0.05) is 5.57 Å². The Morgan fingerprint density at radius 2 is 1.78 bits per heavy atom. The van der Waals surface area contributed by atoms with E-state index in [4.69, 9.17) is 11.5 Å². The van der Waals surface area contributed by atoms with Crippen molar-refractivity contribution in [2.24, 2.45) is 11.5 Å². The summed E-state index contributed by atoms with van der Waals surface area (Å²) in [5.41, 5.74) is 11.6. The van der Waals surface area contributed by atoms with E-state index >= 15 is 0 Å². The van der Waals surface area contributed by atoms with E-state index in [0.717, 1.165) is 12.0 Å². The van der Waals surface area contributed by atoms with Crippen LogP contribution in [0.15, 0.2) is 35.7 Å². The van der Waals surface area contributed by atoms with Crippen molar-refractivity contribution in [1.82, 2.24) is 0 Å². The van der Waals surface area contributed by atoms with Crippen molar-refractivity contribution in [3.8, 4) is 0 Å². The fourth-order valence-electron chi connectivity index (χ4n) is 0.717. The number of nitrogens with two attached hydrogens (primary N) is 2. The second-order valence-corrected chi connectivity index (χ2v) is 1.95. The first-order chi connectivity index (χ1) is 4.30. The van der Waals surface area contributed by atoms with Crippen LogP contribution in [0.3, 0.4) is 0 Å². The molecule has 4 N–H and O–H groups in total. The van der Waals surface area contributed by atoms with E-state index in [9.17, 15) is 0 Å². The molecule has 0 unspecified atom stereocenters. The fourth-order valence-corrected chi connectivity index (χ4v) is 0.717. The summed E-state index contributed by atoms with van der Waals surface area (Å²) < 4.78 is 0. The average molecular weight is 122 g/mol. The maximum Gasteiger partial charge on any atom is 0.101 e. The molecule has 0 saturated heterocycles. The summed E-state index contributed by atoms with van der Waals surface area (Å²) in [4.78, 5) is 0. The third-order valence-electron chi connectivity index (χ3n) is 1.20. The van der Waals surface area contributed by atoms with Crippen LogP contribution in [0.25, 0.3) is 0 Å². The summed E-state index contributed by atoms with van der Waals surface area (Å²) >= 11 is 0. The zero-order valence-electron chi connectivity index (χ0n) is 5.17. The van der Waals surface area contributed by atoms with Gasteiger partial charge in [0.1, 0.15) is 5.82 Å². The maximum absolute atomic E-state index is 5.32. The molecule has 0 spiro atoms. The Morgan fingerprint density at radius 3 is 2.11 bits per heavy atom. The Labute approximate surface area is 54.5 Å². The van der Waals surface area contributed by atoms with Gasteiger partial charge in [-0.25, -0.2) is 0 Å². The number of allylic oxidation sites excluding steroid dienone is 5. The number of hydrogen-bond donors (Lipinski definition) is 2. The average Bonchev–Trinajstić information content (AvgIpc) is 1.90. The van der Waals surface area contributed by atoms with Gasteiger partial charge in [-0.3, -0.25) is 0 Å². The lowest BCUT2D eigenvalue weighted by Crippen LogP contribution is -2.10. The molecule has 0 saturated carbocycles. The minimum absolute atomic E-state index is 0.391. The zero-order valence-corrected chi connectivity index (χ0v) is 5.17. The van der Waals surface area contributed by atoms with Gasteiger partial charge in [-0.05, 0) is 6.42 Å². The second-order valence-electron chi connectivity index (χ2n) is 1.95. The van der Waals surface area contributed by atoms with Gasteiger partial charge < -0.3 is 11.5 Å². The van der Waals surface area contributed by atoms with Gasteiger partial charge >= 0.3 is 0 Å². The van der Waals surface area contributed by atoms with Gasteiger partial charge in [0.25, 0.3) is 0 Å². The smallest absolute Gasteiger partial charge is 0.101 e. The van der Waals surface area contributed by atoms with Crippen LogP contribution in [0, 0.1) is 0 Å². The van der Waals surface area contributed by atoms with Gasteiger partial charge in [0.05, 0.1) is 0 Å². The molecule has 0 amide bonds. The second kappa shape index (κ2) is 2.40. The Morgan fingerprint density at radius 1 is 1.22 bits per heavy atom. The van der Waals surface area contributed by atoms with Crippen LogP contribution >= 0.6 is 0 Å². The van der Waals surface area contributed by atoms with Crippen LogP contribution < -0.4 is 11.5 Å². The fraction of sp³-hybridized carbons (Fsp3) is 0.143. The lowest BCUT2D eigenvalue weighted by Gasteiger charge is -2.00. The Balaban J connectivity index is 2.83. The molecule has 2 heteroatoms. The van der Waals surface area contributed by atoms with E-state index in [-0.39, 0.29) is 0 Å². The molecule has 0 aromatic rings. The molecular formula is C7H10N2. The van der Waals surface area contributed by atoms with Crippen molar-refractivity contribution in [1.29, 1.82) is 0 Å². The third-order valence-corrected chi connectivity index (χ3v) is 1.20. The molecule has 48 valence electrons. The first-order valence-electron chi connectivity index (χ1n) is 2.89. The van der Waals surface area contributed by atoms with Crippen molar-refractivity contribution in [2.45, 2.75) is 6.42 Å². The van der Waals surface area contributed by atoms with Crippen LogP contribution in [0.1, 0.15) is 6.42 Å². The molecule has 0 aliphatic heterocycles. The summed E-state index contributed by atoms with van der Waals surface area (Å²) in [5.74, 6) is 0.391. The topological polar surface area (TPSA) is 52.0 Å². The SMILES string of the molecule is NC(N)=C1C=CCC=C1. The van der Waals surface area contributed by atoms with Gasteiger partial charge in [-0.2, -0.15) is 0 Å². The highest BCUT2D eigenvalue weighted by Crippen LogP contribution is 2.07. The van der Waals surface area contributed by atoms with Crippen molar-refractivity contribution in [2.75, 3.05) is 0 Å². The van der Waals surface area contributed by atoms with Crippen LogP contribution in [-0.4, -0.2) is 0 Å². The van der Waals surface area contributed by atoms with Crippen molar-refractivity contribution in [3.05, 3.63) is 35.7 Å². The van der Waals surface area contributed by atoms with E-state index in [0.29, 0.717) is 5.82 Å². The third kappa shape index (κ3) is 1.35. The van der Waals surface area contributed by atoms with Gasteiger partial charge in [0.15, 0.2) is 0 Å². The van der Waals surface area contributed by atoms with Crippen LogP contribution in [-0.2, 0) is 0 Å². The highest BCUT2D eigenvalue weighted by molar-refractivity contribution is 5.36.